The van der Waals surface area contributed by atoms with E-state index in [9.17, 15) is 4.79 Å². The molecular formula is C22H22ClN5OS. The number of hydrogen-bond acceptors (Lipinski definition) is 5. The van der Waals surface area contributed by atoms with E-state index in [4.69, 9.17) is 11.6 Å². The van der Waals surface area contributed by atoms with Crippen molar-refractivity contribution in [3.05, 3.63) is 76.0 Å². The van der Waals surface area contributed by atoms with E-state index < -0.39 is 6.04 Å². The zero-order chi connectivity index (χ0) is 21.3. The Kier molecular flexibility index (Phi) is 5.83. The Bertz CT molecular complexity index is 1140. The van der Waals surface area contributed by atoms with Gasteiger partial charge in [-0.25, -0.2) is 4.68 Å². The first kappa shape index (κ1) is 20.5. The highest BCUT2D eigenvalue weighted by Gasteiger charge is 2.34. The molecule has 1 aromatic heterocycles. The maximum Gasteiger partial charge on any atom is 0.255 e. The summed E-state index contributed by atoms with van der Waals surface area (Å²) in [6.07, 6.45) is 0. The molecule has 4 rings (SSSR count). The van der Waals surface area contributed by atoms with Crippen LogP contribution >= 0.6 is 23.4 Å². The number of aryl methyl sites for hydroxylation is 1. The molecule has 154 valence electrons. The number of aromatic nitrogens is 3. The summed E-state index contributed by atoms with van der Waals surface area (Å²) < 4.78 is 1.77. The molecule has 2 heterocycles. The van der Waals surface area contributed by atoms with Crippen LogP contribution in [0.15, 0.2) is 65.0 Å². The van der Waals surface area contributed by atoms with Gasteiger partial charge in [-0.15, -0.1) is 5.10 Å². The molecule has 8 heteroatoms. The highest BCUT2D eigenvalue weighted by atomic mass is 35.5. The molecule has 30 heavy (non-hydrogen) atoms. The lowest BCUT2D eigenvalue weighted by Crippen LogP contribution is -2.31. The molecular weight excluding hydrogens is 418 g/mol. The van der Waals surface area contributed by atoms with Crippen molar-refractivity contribution in [1.82, 2.24) is 14.8 Å². The number of rotatable bonds is 5. The Labute approximate surface area is 184 Å². The van der Waals surface area contributed by atoms with E-state index in [1.165, 1.54) is 0 Å². The molecule has 1 aliphatic rings. The Hall–Kier alpha value is -2.77. The number of amides is 1. The van der Waals surface area contributed by atoms with Crippen LogP contribution in [0.1, 0.15) is 31.0 Å². The van der Waals surface area contributed by atoms with Gasteiger partial charge >= 0.3 is 0 Å². The van der Waals surface area contributed by atoms with Crippen molar-refractivity contribution in [2.75, 3.05) is 16.4 Å². The number of allylic oxidation sites excluding steroid dienone is 1. The Morgan fingerprint density at radius 2 is 2.03 bits per heavy atom. The van der Waals surface area contributed by atoms with E-state index in [1.807, 2.05) is 62.4 Å². The SMILES string of the molecule is CCSc1nc2n(n1)C(c1cccc(Cl)c1)C(C(=O)Nc1cccc(C)c1)=C(C)N2. The summed E-state index contributed by atoms with van der Waals surface area (Å²) in [5.41, 5.74) is 4.00. The summed E-state index contributed by atoms with van der Waals surface area (Å²) in [5, 5.41) is 12.2. The number of nitrogens with one attached hydrogen (secondary N) is 2. The van der Waals surface area contributed by atoms with Gasteiger partial charge < -0.3 is 10.6 Å². The average Bonchev–Trinajstić information content (AvgIpc) is 3.09. The van der Waals surface area contributed by atoms with E-state index in [-0.39, 0.29) is 5.91 Å². The maximum atomic E-state index is 13.4. The fraction of sp³-hybridized carbons (Fsp3) is 0.227. The first-order chi connectivity index (χ1) is 14.5. The van der Waals surface area contributed by atoms with Gasteiger partial charge in [0.25, 0.3) is 5.91 Å². The first-order valence-electron chi connectivity index (χ1n) is 9.67. The van der Waals surface area contributed by atoms with Crippen LogP contribution < -0.4 is 10.6 Å². The second kappa shape index (κ2) is 8.53. The zero-order valence-corrected chi connectivity index (χ0v) is 18.5. The van der Waals surface area contributed by atoms with Crippen molar-refractivity contribution in [2.24, 2.45) is 0 Å². The summed E-state index contributed by atoms with van der Waals surface area (Å²) >= 11 is 7.83. The van der Waals surface area contributed by atoms with Crippen molar-refractivity contribution in [1.29, 1.82) is 0 Å². The van der Waals surface area contributed by atoms with E-state index in [2.05, 4.69) is 27.6 Å². The van der Waals surface area contributed by atoms with E-state index in [0.29, 0.717) is 21.7 Å². The van der Waals surface area contributed by atoms with Crippen LogP contribution in [0.25, 0.3) is 0 Å². The van der Waals surface area contributed by atoms with Gasteiger partial charge in [0, 0.05) is 16.4 Å². The zero-order valence-electron chi connectivity index (χ0n) is 16.9. The highest BCUT2D eigenvalue weighted by Crippen LogP contribution is 2.37. The predicted molar refractivity (Wildman–Crippen MR) is 122 cm³/mol. The lowest BCUT2D eigenvalue weighted by Gasteiger charge is -2.28. The molecule has 3 aromatic rings. The summed E-state index contributed by atoms with van der Waals surface area (Å²) in [6, 6.07) is 14.8. The second-order valence-electron chi connectivity index (χ2n) is 7.04. The highest BCUT2D eigenvalue weighted by molar-refractivity contribution is 7.99. The summed E-state index contributed by atoms with van der Waals surface area (Å²) in [7, 11) is 0. The van der Waals surface area contributed by atoms with E-state index >= 15 is 0 Å². The third kappa shape index (κ3) is 4.08. The van der Waals surface area contributed by atoms with Gasteiger partial charge in [-0.2, -0.15) is 4.98 Å². The number of halogens is 1. The molecule has 1 amide bonds. The van der Waals surface area contributed by atoms with E-state index in [1.54, 1.807) is 16.4 Å². The van der Waals surface area contributed by atoms with Crippen molar-refractivity contribution in [3.8, 4) is 0 Å². The third-order valence-electron chi connectivity index (χ3n) is 4.79. The number of benzene rings is 2. The number of thioether (sulfide) groups is 1. The van der Waals surface area contributed by atoms with Crippen molar-refractivity contribution in [2.45, 2.75) is 32.0 Å². The third-order valence-corrected chi connectivity index (χ3v) is 5.75. The summed E-state index contributed by atoms with van der Waals surface area (Å²) in [4.78, 5) is 18.0. The minimum Gasteiger partial charge on any atom is -0.328 e. The van der Waals surface area contributed by atoms with E-state index in [0.717, 1.165) is 28.3 Å². The van der Waals surface area contributed by atoms with Crippen molar-refractivity contribution < 1.29 is 4.79 Å². The first-order valence-corrected chi connectivity index (χ1v) is 11.0. The second-order valence-corrected chi connectivity index (χ2v) is 8.71. The molecule has 1 aliphatic heterocycles. The fourth-order valence-corrected chi connectivity index (χ4v) is 4.28. The Morgan fingerprint density at radius 1 is 1.23 bits per heavy atom. The fourth-order valence-electron chi connectivity index (χ4n) is 3.52. The molecule has 0 radical (unpaired) electrons. The lowest BCUT2D eigenvalue weighted by atomic mass is 9.95. The van der Waals surface area contributed by atoms with Gasteiger partial charge in [-0.05, 0) is 55.0 Å². The number of anilines is 2. The normalized spacial score (nSPS) is 15.5. The van der Waals surface area contributed by atoms with Crippen LogP contribution in [0.3, 0.4) is 0 Å². The Morgan fingerprint density at radius 3 is 2.77 bits per heavy atom. The molecule has 2 N–H and O–H groups in total. The molecule has 0 saturated carbocycles. The molecule has 0 spiro atoms. The predicted octanol–water partition coefficient (Wildman–Crippen LogP) is 5.28. The number of hydrogen-bond donors (Lipinski definition) is 2. The van der Waals surface area contributed by atoms with Gasteiger partial charge in [0.15, 0.2) is 0 Å². The summed E-state index contributed by atoms with van der Waals surface area (Å²) in [5.74, 6) is 1.28. The van der Waals surface area contributed by atoms with Gasteiger partial charge in [-0.3, -0.25) is 4.79 Å². The van der Waals surface area contributed by atoms with Crippen molar-refractivity contribution in [3.63, 3.8) is 0 Å². The van der Waals surface area contributed by atoms with Gasteiger partial charge in [-0.1, -0.05) is 54.6 Å². The molecule has 0 aliphatic carbocycles. The Balaban J connectivity index is 1.78. The van der Waals surface area contributed by atoms with Crippen LogP contribution in [-0.4, -0.2) is 26.4 Å². The van der Waals surface area contributed by atoms with Gasteiger partial charge in [0.05, 0.1) is 5.57 Å². The lowest BCUT2D eigenvalue weighted by molar-refractivity contribution is -0.113. The van der Waals surface area contributed by atoms with Gasteiger partial charge in [0.2, 0.25) is 11.1 Å². The number of carbonyl (C=O) groups is 1. The monoisotopic (exact) mass is 439 g/mol. The number of carbonyl (C=O) groups excluding carboxylic acids is 1. The largest absolute Gasteiger partial charge is 0.328 e. The van der Waals surface area contributed by atoms with Crippen LogP contribution in [0, 0.1) is 6.92 Å². The minimum absolute atomic E-state index is 0.193. The smallest absolute Gasteiger partial charge is 0.255 e. The molecule has 1 atom stereocenters. The molecule has 0 fully saturated rings. The summed E-state index contributed by atoms with van der Waals surface area (Å²) in [6.45, 7) is 5.93. The minimum atomic E-state index is -0.441. The van der Waals surface area contributed by atoms with Crippen LogP contribution in [0.2, 0.25) is 5.02 Å². The standard InChI is InChI=1S/C22H22ClN5OS/c1-4-30-22-26-21-24-14(3)18(20(29)25-17-10-5-7-13(2)11-17)19(28(21)27-22)15-8-6-9-16(23)12-15/h5-12,19H,4H2,1-3H3,(H,25,29)(H,24,26,27). The molecule has 1 unspecified atom stereocenters. The molecule has 0 saturated heterocycles. The average molecular weight is 440 g/mol. The van der Waals surface area contributed by atoms with Crippen molar-refractivity contribution >= 4 is 40.9 Å². The quantitative estimate of drug-likeness (QED) is 0.529. The van der Waals surface area contributed by atoms with Gasteiger partial charge in [0.1, 0.15) is 6.04 Å². The topological polar surface area (TPSA) is 71.8 Å². The maximum absolute atomic E-state index is 13.4. The number of fused-ring (bicyclic) bond motifs is 1. The van der Waals surface area contributed by atoms with Crippen LogP contribution in [-0.2, 0) is 4.79 Å². The molecule has 0 bridgehead atoms. The molecule has 6 nitrogen and oxygen atoms in total. The molecule has 2 aromatic carbocycles. The number of nitrogens with zero attached hydrogens (tertiary/aromatic N) is 3. The van der Waals surface area contributed by atoms with Crippen LogP contribution in [0.4, 0.5) is 11.6 Å². The van der Waals surface area contributed by atoms with Crippen LogP contribution in [0.5, 0.6) is 0 Å².